The molecule has 0 aliphatic heterocycles. The normalized spacial score (nSPS) is 22.0. The van der Waals surface area contributed by atoms with Gasteiger partial charge in [0.05, 0.1) is 6.42 Å². The third-order valence-electron chi connectivity index (χ3n) is 4.76. The zero-order chi connectivity index (χ0) is 15.2. The number of nitrogens with one attached hydrogen (secondary N) is 1. The second kappa shape index (κ2) is 7.84. The van der Waals surface area contributed by atoms with Crippen molar-refractivity contribution in [1.82, 2.24) is 5.32 Å². The molecule has 0 bridgehead atoms. The maximum atomic E-state index is 12.1. The number of carbonyl (C=O) groups is 1. The molecule has 3 heteroatoms. The van der Waals surface area contributed by atoms with Gasteiger partial charge in [-0.05, 0) is 55.2 Å². The molecule has 0 aromatic heterocycles. The number of amides is 1. The van der Waals surface area contributed by atoms with Crippen molar-refractivity contribution in [3.05, 3.63) is 34.9 Å². The number of aryl methyl sites for hydroxylation is 2. The van der Waals surface area contributed by atoms with Crippen LogP contribution in [0.2, 0.25) is 0 Å². The summed E-state index contributed by atoms with van der Waals surface area (Å²) in [7, 11) is 0. The van der Waals surface area contributed by atoms with Crippen LogP contribution >= 0.6 is 11.6 Å². The lowest BCUT2D eigenvalue weighted by Gasteiger charge is -2.30. The van der Waals surface area contributed by atoms with E-state index >= 15 is 0 Å². The molecule has 21 heavy (non-hydrogen) atoms. The van der Waals surface area contributed by atoms with Crippen LogP contribution in [-0.2, 0) is 11.2 Å². The van der Waals surface area contributed by atoms with Gasteiger partial charge in [0.15, 0.2) is 0 Å². The average molecular weight is 308 g/mol. The highest BCUT2D eigenvalue weighted by molar-refractivity contribution is 6.18. The van der Waals surface area contributed by atoms with Gasteiger partial charge in [-0.15, -0.1) is 11.6 Å². The maximum absolute atomic E-state index is 12.1. The Bertz CT molecular complexity index is 486. The lowest BCUT2D eigenvalue weighted by atomic mass is 9.80. The number of halogens is 1. The lowest BCUT2D eigenvalue weighted by Crippen LogP contribution is -2.35. The van der Waals surface area contributed by atoms with Gasteiger partial charge in [-0.1, -0.05) is 31.0 Å². The van der Waals surface area contributed by atoms with Gasteiger partial charge in [-0.25, -0.2) is 0 Å². The zero-order valence-electron chi connectivity index (χ0n) is 13.1. The fourth-order valence-electron chi connectivity index (χ4n) is 3.16. The summed E-state index contributed by atoms with van der Waals surface area (Å²) in [5.74, 6) is 1.97. The van der Waals surface area contributed by atoms with Crippen molar-refractivity contribution < 1.29 is 4.79 Å². The van der Waals surface area contributed by atoms with Crippen LogP contribution in [0.1, 0.15) is 42.4 Å². The van der Waals surface area contributed by atoms with Crippen molar-refractivity contribution in [1.29, 1.82) is 0 Å². The van der Waals surface area contributed by atoms with Gasteiger partial charge < -0.3 is 5.32 Å². The minimum atomic E-state index is 0.122. The molecular weight excluding hydrogens is 282 g/mol. The molecular formula is C18H26ClNO. The fourth-order valence-corrected chi connectivity index (χ4v) is 3.57. The predicted molar refractivity (Wildman–Crippen MR) is 88.8 cm³/mol. The number of alkyl halides is 1. The molecule has 1 aliphatic rings. The quantitative estimate of drug-likeness (QED) is 0.818. The topological polar surface area (TPSA) is 29.1 Å². The van der Waals surface area contributed by atoms with Gasteiger partial charge in [0, 0.05) is 12.4 Å². The van der Waals surface area contributed by atoms with Gasteiger partial charge in [0.25, 0.3) is 0 Å². The predicted octanol–water partition coefficient (Wildman–Crippen LogP) is 4.01. The van der Waals surface area contributed by atoms with E-state index in [1.165, 1.54) is 36.8 Å². The smallest absolute Gasteiger partial charge is 0.224 e. The standard InChI is InChI=1S/C18H26ClNO/c1-13-7-8-15(9-14(13)2)10-18(21)20-12-17-6-4-3-5-16(17)11-19/h7-9,16-17H,3-6,10-12H2,1-2H3,(H,20,21). The Morgan fingerprint density at radius 2 is 1.90 bits per heavy atom. The Morgan fingerprint density at radius 3 is 2.57 bits per heavy atom. The summed E-state index contributed by atoms with van der Waals surface area (Å²) in [5, 5.41) is 3.10. The SMILES string of the molecule is Cc1ccc(CC(=O)NCC2CCCCC2CCl)cc1C. The number of benzene rings is 1. The summed E-state index contributed by atoms with van der Waals surface area (Å²) in [6, 6.07) is 6.24. The van der Waals surface area contributed by atoms with Crippen molar-refractivity contribution in [2.75, 3.05) is 12.4 Å². The van der Waals surface area contributed by atoms with Crippen molar-refractivity contribution in [3.8, 4) is 0 Å². The average Bonchev–Trinajstić information content (AvgIpc) is 2.49. The second-order valence-corrected chi connectivity index (χ2v) is 6.67. The first-order chi connectivity index (χ1) is 10.1. The van der Waals surface area contributed by atoms with Crippen LogP contribution in [0.3, 0.4) is 0 Å². The van der Waals surface area contributed by atoms with Crippen LogP contribution in [0.5, 0.6) is 0 Å². The molecule has 2 atom stereocenters. The van der Waals surface area contributed by atoms with Crippen LogP contribution in [0, 0.1) is 25.7 Å². The first-order valence-corrected chi connectivity index (χ1v) is 8.52. The molecule has 1 amide bonds. The van der Waals surface area contributed by atoms with E-state index in [9.17, 15) is 4.79 Å². The van der Waals surface area contributed by atoms with E-state index in [4.69, 9.17) is 11.6 Å². The molecule has 0 spiro atoms. The highest BCUT2D eigenvalue weighted by Crippen LogP contribution is 2.30. The van der Waals surface area contributed by atoms with Gasteiger partial charge >= 0.3 is 0 Å². The molecule has 1 aliphatic carbocycles. The molecule has 0 radical (unpaired) electrons. The molecule has 2 nitrogen and oxygen atoms in total. The maximum Gasteiger partial charge on any atom is 0.224 e. The van der Waals surface area contributed by atoms with Crippen LogP contribution in [0.25, 0.3) is 0 Å². The largest absolute Gasteiger partial charge is 0.356 e. The Kier molecular flexibility index (Phi) is 6.10. The van der Waals surface area contributed by atoms with Gasteiger partial charge in [0.1, 0.15) is 0 Å². The Morgan fingerprint density at radius 1 is 1.19 bits per heavy atom. The van der Waals surface area contributed by atoms with Crippen molar-refractivity contribution >= 4 is 17.5 Å². The third kappa shape index (κ3) is 4.74. The molecule has 1 saturated carbocycles. The minimum absolute atomic E-state index is 0.122. The summed E-state index contributed by atoms with van der Waals surface area (Å²) in [6.07, 6.45) is 5.43. The monoisotopic (exact) mass is 307 g/mol. The van der Waals surface area contributed by atoms with E-state index in [1.807, 2.05) is 6.07 Å². The van der Waals surface area contributed by atoms with E-state index in [-0.39, 0.29) is 5.91 Å². The minimum Gasteiger partial charge on any atom is -0.356 e. The van der Waals surface area contributed by atoms with Crippen LogP contribution < -0.4 is 5.32 Å². The molecule has 2 rings (SSSR count). The summed E-state index contributed by atoms with van der Waals surface area (Å²) < 4.78 is 0. The molecule has 0 heterocycles. The van der Waals surface area contributed by atoms with Crippen LogP contribution in [0.15, 0.2) is 18.2 Å². The Hall–Kier alpha value is -1.02. The van der Waals surface area contributed by atoms with Crippen molar-refractivity contribution in [2.24, 2.45) is 11.8 Å². The zero-order valence-corrected chi connectivity index (χ0v) is 13.9. The fraction of sp³-hybridized carbons (Fsp3) is 0.611. The van der Waals surface area contributed by atoms with Gasteiger partial charge in [-0.3, -0.25) is 4.79 Å². The summed E-state index contributed by atoms with van der Waals surface area (Å²) in [6.45, 7) is 4.96. The van der Waals surface area contributed by atoms with Crippen LogP contribution in [0.4, 0.5) is 0 Å². The number of carbonyl (C=O) groups excluding carboxylic acids is 1. The number of hydrogen-bond acceptors (Lipinski definition) is 1. The van der Waals surface area contributed by atoms with Gasteiger partial charge in [0.2, 0.25) is 5.91 Å². The molecule has 0 saturated heterocycles. The summed E-state index contributed by atoms with van der Waals surface area (Å²) in [4.78, 5) is 12.1. The third-order valence-corrected chi connectivity index (χ3v) is 5.16. The molecule has 1 fully saturated rings. The lowest BCUT2D eigenvalue weighted by molar-refractivity contribution is -0.120. The van der Waals surface area contributed by atoms with E-state index < -0.39 is 0 Å². The molecule has 1 N–H and O–H groups in total. The van der Waals surface area contributed by atoms with E-state index in [0.29, 0.717) is 18.3 Å². The summed E-state index contributed by atoms with van der Waals surface area (Å²) >= 11 is 6.04. The molecule has 1 aromatic rings. The van der Waals surface area contributed by atoms with Crippen LogP contribution in [-0.4, -0.2) is 18.3 Å². The van der Waals surface area contributed by atoms with Gasteiger partial charge in [-0.2, -0.15) is 0 Å². The highest BCUT2D eigenvalue weighted by atomic mass is 35.5. The van der Waals surface area contributed by atoms with E-state index in [1.54, 1.807) is 0 Å². The van der Waals surface area contributed by atoms with E-state index in [0.717, 1.165) is 18.0 Å². The van der Waals surface area contributed by atoms with Crippen molar-refractivity contribution in [2.45, 2.75) is 46.0 Å². The van der Waals surface area contributed by atoms with E-state index in [2.05, 4.69) is 31.3 Å². The molecule has 116 valence electrons. The summed E-state index contributed by atoms with van der Waals surface area (Å²) in [5.41, 5.74) is 3.61. The molecule has 1 aromatic carbocycles. The highest BCUT2D eigenvalue weighted by Gasteiger charge is 2.24. The number of hydrogen-bond donors (Lipinski definition) is 1. The first-order valence-electron chi connectivity index (χ1n) is 7.99. The Balaban J connectivity index is 1.82. The number of rotatable bonds is 5. The molecule has 2 unspecified atom stereocenters. The second-order valence-electron chi connectivity index (χ2n) is 6.36. The van der Waals surface area contributed by atoms with Crippen molar-refractivity contribution in [3.63, 3.8) is 0 Å². The first kappa shape index (κ1) is 16.4. The Labute approximate surface area is 133 Å².